The smallest absolute Gasteiger partial charge is 0.311 e. The van der Waals surface area contributed by atoms with E-state index in [1.165, 1.54) is 6.07 Å². The number of hydrogen-bond donors (Lipinski definition) is 1. The number of ether oxygens (including phenoxy) is 2. The molecule has 3 aromatic carbocycles. The normalized spacial score (nSPS) is 17.4. The molecule has 0 aliphatic heterocycles. The molecule has 1 heterocycles. The van der Waals surface area contributed by atoms with E-state index in [9.17, 15) is 25.3 Å². The number of aryl methyl sites for hydroxylation is 1. The number of aromatic nitrogens is 2. The summed E-state index contributed by atoms with van der Waals surface area (Å²) in [4.78, 5) is 23.3. The average molecular weight is 593 g/mol. The first-order valence-electron chi connectivity index (χ1n) is 13.7. The molecule has 2 atom stereocenters. The van der Waals surface area contributed by atoms with Crippen LogP contribution in [0.3, 0.4) is 0 Å². The van der Waals surface area contributed by atoms with E-state index in [2.05, 4.69) is 16.3 Å². The number of hydrogen-bond acceptors (Lipinski definition) is 10. The number of aldehydes is 1. The van der Waals surface area contributed by atoms with Gasteiger partial charge in [0.15, 0.2) is 6.29 Å². The summed E-state index contributed by atoms with van der Waals surface area (Å²) in [5.41, 5.74) is 2.61. The SMILES string of the molecule is Cc1ccccc1C1=CC=CC(COc2cc(OCc3cccc(C#N)c3)c(C=O)cc2[N+](=O)[O-])(c2nnc(CO)o2)C1C. The van der Waals surface area contributed by atoms with Crippen LogP contribution in [0.4, 0.5) is 5.69 Å². The van der Waals surface area contributed by atoms with Crippen LogP contribution in [-0.2, 0) is 18.6 Å². The van der Waals surface area contributed by atoms with Crippen LogP contribution in [-0.4, -0.2) is 33.1 Å². The maximum atomic E-state index is 12.1. The molecule has 2 unspecified atom stereocenters. The third-order valence-corrected chi connectivity index (χ3v) is 7.70. The van der Waals surface area contributed by atoms with Crippen LogP contribution in [0.5, 0.6) is 11.5 Å². The van der Waals surface area contributed by atoms with Gasteiger partial charge in [0.1, 0.15) is 31.0 Å². The standard InChI is InChI=1S/C33H28N4O7/c1-21-7-3-4-10-26(21)27-11-6-12-33(22(27)2,32-36-35-31(18-39)44-32)20-43-30-15-29(25(17-38)14-28(30)37(40)41)42-19-24-9-5-8-23(13-24)16-34/h3-15,17,22,39H,18-20H2,1-2H3. The Morgan fingerprint density at radius 3 is 2.66 bits per heavy atom. The second-order valence-electron chi connectivity index (χ2n) is 10.3. The number of nitriles is 1. The largest absolute Gasteiger partial charge is 0.488 e. The minimum Gasteiger partial charge on any atom is -0.488 e. The van der Waals surface area contributed by atoms with Gasteiger partial charge in [0.2, 0.25) is 17.5 Å². The van der Waals surface area contributed by atoms with Gasteiger partial charge < -0.3 is 19.0 Å². The molecule has 11 nitrogen and oxygen atoms in total. The first-order chi connectivity index (χ1) is 21.3. The van der Waals surface area contributed by atoms with E-state index in [0.717, 1.165) is 22.8 Å². The third kappa shape index (κ3) is 5.84. The Balaban J connectivity index is 1.52. The van der Waals surface area contributed by atoms with Gasteiger partial charge in [0.05, 0.1) is 22.1 Å². The van der Waals surface area contributed by atoms with Crippen molar-refractivity contribution in [1.29, 1.82) is 5.26 Å². The number of nitrogens with zero attached hydrogens (tertiary/aromatic N) is 4. The molecule has 1 aromatic heterocycles. The van der Waals surface area contributed by atoms with Crippen LogP contribution in [0.1, 0.15) is 51.3 Å². The lowest BCUT2D eigenvalue weighted by Crippen LogP contribution is -2.40. The van der Waals surface area contributed by atoms with Crippen LogP contribution in [0.15, 0.2) is 83.3 Å². The fourth-order valence-electron chi connectivity index (χ4n) is 5.24. The van der Waals surface area contributed by atoms with Crippen LogP contribution < -0.4 is 9.47 Å². The molecular weight excluding hydrogens is 564 g/mol. The summed E-state index contributed by atoms with van der Waals surface area (Å²) < 4.78 is 17.9. The topological polar surface area (TPSA) is 162 Å². The second-order valence-corrected chi connectivity index (χ2v) is 10.3. The Labute approximate surface area is 252 Å². The van der Waals surface area contributed by atoms with Crippen LogP contribution in [0.2, 0.25) is 0 Å². The molecule has 0 fully saturated rings. The van der Waals surface area contributed by atoms with Crippen molar-refractivity contribution in [1.82, 2.24) is 10.2 Å². The van der Waals surface area contributed by atoms with E-state index < -0.39 is 22.6 Å². The molecule has 44 heavy (non-hydrogen) atoms. The maximum absolute atomic E-state index is 12.1. The van der Waals surface area contributed by atoms with Gasteiger partial charge in [-0.1, -0.05) is 61.5 Å². The highest BCUT2D eigenvalue weighted by atomic mass is 16.6. The zero-order valence-corrected chi connectivity index (χ0v) is 24.0. The van der Waals surface area contributed by atoms with Crippen molar-refractivity contribution in [2.45, 2.75) is 32.5 Å². The van der Waals surface area contributed by atoms with Gasteiger partial charge in [0, 0.05) is 18.1 Å². The molecule has 4 aromatic rings. The number of benzene rings is 3. The van der Waals surface area contributed by atoms with Crippen LogP contribution >= 0.6 is 0 Å². The summed E-state index contributed by atoms with van der Waals surface area (Å²) in [5.74, 6) is -0.174. The minimum absolute atomic E-state index is 0.00776. The van der Waals surface area contributed by atoms with Crippen molar-refractivity contribution in [3.63, 3.8) is 0 Å². The number of aliphatic hydroxyl groups is 1. The monoisotopic (exact) mass is 592 g/mol. The Bertz CT molecular complexity index is 1820. The van der Waals surface area contributed by atoms with Gasteiger partial charge in [-0.25, -0.2) is 0 Å². The molecule has 1 aliphatic carbocycles. The zero-order valence-electron chi connectivity index (χ0n) is 24.0. The van der Waals surface area contributed by atoms with Gasteiger partial charge >= 0.3 is 5.69 Å². The lowest BCUT2D eigenvalue weighted by molar-refractivity contribution is -0.386. The Morgan fingerprint density at radius 1 is 1.14 bits per heavy atom. The number of aliphatic hydroxyl groups excluding tert-OH is 1. The fraction of sp³-hybridized carbons (Fsp3) is 0.212. The summed E-state index contributed by atoms with van der Waals surface area (Å²) in [5, 5.41) is 39.1. The van der Waals surface area contributed by atoms with E-state index in [-0.39, 0.29) is 48.0 Å². The van der Waals surface area contributed by atoms with Gasteiger partial charge in [-0.15, -0.1) is 10.2 Å². The molecule has 0 radical (unpaired) electrons. The fourth-order valence-corrected chi connectivity index (χ4v) is 5.24. The Morgan fingerprint density at radius 2 is 1.95 bits per heavy atom. The van der Waals surface area contributed by atoms with E-state index in [0.29, 0.717) is 17.4 Å². The lowest BCUT2D eigenvalue weighted by atomic mass is 9.68. The van der Waals surface area contributed by atoms with Crippen molar-refractivity contribution in [2.75, 3.05) is 6.61 Å². The highest BCUT2D eigenvalue weighted by Crippen LogP contribution is 2.46. The van der Waals surface area contributed by atoms with Crippen molar-refractivity contribution >= 4 is 17.5 Å². The molecule has 0 spiro atoms. The summed E-state index contributed by atoms with van der Waals surface area (Å²) in [6, 6.07) is 19.2. The quantitative estimate of drug-likeness (QED) is 0.131. The predicted molar refractivity (Wildman–Crippen MR) is 159 cm³/mol. The van der Waals surface area contributed by atoms with Crippen LogP contribution in [0, 0.1) is 34.3 Å². The minimum atomic E-state index is -1.08. The van der Waals surface area contributed by atoms with Crippen molar-refractivity contribution in [3.05, 3.63) is 129 Å². The maximum Gasteiger partial charge on any atom is 0.311 e. The van der Waals surface area contributed by atoms with Crippen molar-refractivity contribution in [2.24, 2.45) is 5.92 Å². The van der Waals surface area contributed by atoms with E-state index in [1.54, 1.807) is 24.3 Å². The predicted octanol–water partition coefficient (Wildman–Crippen LogP) is 5.65. The number of carbonyl (C=O) groups excluding carboxylic acids is 1. The van der Waals surface area contributed by atoms with Gasteiger partial charge in [-0.2, -0.15) is 5.26 Å². The number of carbonyl (C=O) groups is 1. The first-order valence-corrected chi connectivity index (χ1v) is 13.7. The molecule has 0 bridgehead atoms. The second kappa shape index (κ2) is 12.7. The molecule has 0 amide bonds. The molecule has 1 N–H and O–H groups in total. The molecule has 11 heteroatoms. The van der Waals surface area contributed by atoms with E-state index >= 15 is 0 Å². The Hall–Kier alpha value is -5.60. The molecule has 5 rings (SSSR count). The summed E-state index contributed by atoms with van der Waals surface area (Å²) in [6.45, 7) is 3.37. The highest BCUT2D eigenvalue weighted by molar-refractivity contribution is 5.82. The highest BCUT2D eigenvalue weighted by Gasteiger charge is 2.45. The zero-order chi connectivity index (χ0) is 31.3. The summed E-state index contributed by atoms with van der Waals surface area (Å²) in [6.07, 6.45) is 6.16. The summed E-state index contributed by atoms with van der Waals surface area (Å²) in [7, 11) is 0. The molecule has 1 aliphatic rings. The van der Waals surface area contributed by atoms with Gasteiger partial charge in [0.25, 0.3) is 0 Å². The number of nitro groups is 1. The number of allylic oxidation sites excluding steroid dienone is 3. The number of nitro benzene ring substituents is 1. The van der Waals surface area contributed by atoms with E-state index in [1.807, 2.05) is 56.3 Å². The van der Waals surface area contributed by atoms with Gasteiger partial charge in [-0.05, 0) is 41.3 Å². The van der Waals surface area contributed by atoms with Crippen LogP contribution in [0.25, 0.3) is 5.57 Å². The molecule has 0 saturated carbocycles. The van der Waals surface area contributed by atoms with Crippen molar-refractivity contribution in [3.8, 4) is 17.6 Å². The lowest BCUT2D eigenvalue weighted by Gasteiger charge is -2.37. The first kappa shape index (κ1) is 29.9. The van der Waals surface area contributed by atoms with Gasteiger partial charge in [-0.3, -0.25) is 14.9 Å². The van der Waals surface area contributed by atoms with Crippen molar-refractivity contribution < 1.29 is 28.7 Å². The molecule has 222 valence electrons. The summed E-state index contributed by atoms with van der Waals surface area (Å²) >= 11 is 0. The average Bonchev–Trinajstić information content (AvgIpc) is 3.54. The number of rotatable bonds is 11. The molecular formula is C33H28N4O7. The third-order valence-electron chi connectivity index (χ3n) is 7.70. The van der Waals surface area contributed by atoms with E-state index in [4.69, 9.17) is 13.9 Å². The molecule has 0 saturated heterocycles. The Kier molecular flexibility index (Phi) is 8.64.